The van der Waals surface area contributed by atoms with Crippen LogP contribution in [0.15, 0.2) is 85.1 Å². The van der Waals surface area contributed by atoms with Crippen molar-refractivity contribution in [3.05, 3.63) is 102 Å². The van der Waals surface area contributed by atoms with E-state index in [0.717, 1.165) is 12.1 Å². The van der Waals surface area contributed by atoms with Crippen LogP contribution in [0.1, 0.15) is 61.6 Å². The Balaban J connectivity index is 1.60. The highest BCUT2D eigenvalue weighted by Crippen LogP contribution is 2.21. The maximum Gasteiger partial charge on any atom is 0.446 e. The summed E-state index contributed by atoms with van der Waals surface area (Å²) in [5, 5.41) is 43.1. The van der Waals surface area contributed by atoms with Gasteiger partial charge in [0, 0.05) is 42.9 Å². The Kier molecular flexibility index (Phi) is 27.9. The van der Waals surface area contributed by atoms with Crippen molar-refractivity contribution < 1.29 is 80.1 Å². The number of aliphatic carboxylic acids is 2. The molecule has 17 N–H and O–H groups in total. The fraction of sp³-hybridized carbons (Fsp3) is 0.446. The first-order chi connectivity index (χ1) is 41.9. The van der Waals surface area contributed by atoms with Gasteiger partial charge >= 0.3 is 22.3 Å². The van der Waals surface area contributed by atoms with Crippen LogP contribution in [0.5, 0.6) is 5.75 Å². The number of fused-ring (bicyclic) bond motifs is 1. The van der Waals surface area contributed by atoms with E-state index in [1.54, 1.807) is 73.3 Å². The molecule has 29 nitrogen and oxygen atoms in total. The van der Waals surface area contributed by atoms with E-state index in [1.165, 1.54) is 35.7 Å². The van der Waals surface area contributed by atoms with Crippen LogP contribution in [0.2, 0.25) is 0 Å². The van der Waals surface area contributed by atoms with E-state index in [-0.39, 0.29) is 74.3 Å². The molecule has 3 aromatic carbocycles. The van der Waals surface area contributed by atoms with Crippen LogP contribution >= 0.6 is 23.5 Å². The van der Waals surface area contributed by atoms with Gasteiger partial charge in [-0.1, -0.05) is 60.7 Å². The number of aromatic amines is 1. The summed E-state index contributed by atoms with van der Waals surface area (Å²) in [5.74, 6) is -11.9. The Hall–Kier alpha value is -8.30. The number of carbonyl (C=O) groups excluding carboxylic acids is 9. The fourth-order valence-corrected chi connectivity index (χ4v) is 10.5. The second-order valence-corrected chi connectivity index (χ2v) is 23.5. The lowest BCUT2D eigenvalue weighted by Gasteiger charge is -2.28. The number of benzene rings is 3. The smallest absolute Gasteiger partial charge is 0.446 e. The first-order valence-electron chi connectivity index (χ1n) is 27.8. The van der Waals surface area contributed by atoms with E-state index < -0.39 is 149 Å². The van der Waals surface area contributed by atoms with Gasteiger partial charge in [-0.2, -0.15) is 31.9 Å². The number of nitrogens with one attached hydrogen (secondary N) is 10. The molecule has 1 fully saturated rings. The van der Waals surface area contributed by atoms with Gasteiger partial charge < -0.3 is 78.7 Å². The third kappa shape index (κ3) is 23.1. The van der Waals surface area contributed by atoms with Crippen LogP contribution in [0, 0.1) is 0 Å². The highest BCUT2D eigenvalue weighted by Gasteiger charge is 2.37. The molecule has 2 heterocycles. The lowest BCUT2D eigenvalue weighted by molar-refractivity contribution is -0.141. The first-order valence-corrected chi connectivity index (χ1v) is 32.0. The lowest BCUT2D eigenvalue weighted by atomic mass is 10.0. The number of carboxylic acid groups (broad SMARTS) is 2. The maximum atomic E-state index is 15.1. The van der Waals surface area contributed by atoms with Crippen molar-refractivity contribution in [1.82, 2.24) is 52.8 Å². The molecule has 1 aromatic heterocycles. The normalized spacial score (nSPS) is 20.1. The number of carbonyl (C=O) groups is 11. The van der Waals surface area contributed by atoms with Gasteiger partial charge in [0.05, 0.1) is 18.9 Å². The zero-order chi connectivity index (χ0) is 64.5. The average Bonchev–Trinajstić information content (AvgIpc) is 4.12. The second-order valence-electron chi connectivity index (χ2n) is 20.5. The third-order valence-corrected chi connectivity index (χ3v) is 15.5. The standard InChI is InChI=1S/C56H74N12O17S3/c1-86-22-19-39-50(75)67-44(28-47(71)72)55(80)65-42(24-31-10-4-3-5-11-31)53(78)61-38(14-8-9-21-57)49(74)60-30-45(56(81)66-43(54(79)63-39)26-33-29-59-37-13-7-6-12-35(33)37)68-51(76)40(20-23-87-2)62-52(77)41(64-48(73)36(58)27-46(69)70)25-32-15-17-34(18-16-32)85-88(82,83)84/h3-7,10-13,15-18,29,36,38-45,59H,8-9,14,19-28,30,57-58H2,1-2H3,(H,60,74)(H,61,78)(H,62,77)(H,63,79)(H,64,73)(H,65,80)(H,66,81)(H,67,75)(H,68,76)(H,69,70)(H,71,72)(H,82,83,84)/t36-,38-,39-,40-,41-,42-,43-,44-,45-/m0/s1. The summed E-state index contributed by atoms with van der Waals surface area (Å²) >= 11 is 2.55. The molecule has 478 valence electrons. The van der Waals surface area contributed by atoms with Crippen LogP contribution < -0.4 is 63.5 Å². The number of carboxylic acids is 2. The molecule has 0 spiro atoms. The van der Waals surface area contributed by atoms with Crippen LogP contribution in [0.4, 0.5) is 0 Å². The van der Waals surface area contributed by atoms with E-state index in [1.807, 2.05) is 0 Å². The van der Waals surface area contributed by atoms with Crippen LogP contribution in [0.25, 0.3) is 10.9 Å². The SMILES string of the molecule is CSCC[C@@H]1NC(=O)[C@H](Cc2c[nH]c3ccccc23)NC(=O)[C@@H](NC(=O)[C@H](CCSC)NC(=O)[C@H](Cc2ccc(OS(=O)(=O)O)cc2)NC(=O)[C@@H](N)CC(=O)O)CNC(=O)[C@H](CCCCN)NC(=O)[C@H](Cc2ccccc2)NC(=O)[C@H](CC(=O)O)NC1=O. The molecular weight excluding hydrogens is 1210 g/mol. The largest absolute Gasteiger partial charge is 0.481 e. The predicted octanol–water partition coefficient (Wildman–Crippen LogP) is -1.70. The van der Waals surface area contributed by atoms with E-state index >= 15 is 4.79 Å². The summed E-state index contributed by atoms with van der Waals surface area (Å²) in [6.45, 7) is -0.561. The summed E-state index contributed by atoms with van der Waals surface area (Å²) in [6, 6.07) is 5.76. The van der Waals surface area contributed by atoms with Crippen molar-refractivity contribution in [3.8, 4) is 5.75 Å². The Morgan fingerprint density at radius 2 is 1.23 bits per heavy atom. The summed E-state index contributed by atoms with van der Waals surface area (Å²) in [5.41, 5.74) is 13.6. The monoisotopic (exact) mass is 1280 g/mol. The number of thioether (sulfide) groups is 2. The van der Waals surface area contributed by atoms with Crippen molar-refractivity contribution in [3.63, 3.8) is 0 Å². The van der Waals surface area contributed by atoms with Gasteiger partial charge in [-0.25, -0.2) is 0 Å². The number of rotatable bonds is 28. The van der Waals surface area contributed by atoms with E-state index in [2.05, 4.69) is 57.0 Å². The molecule has 0 saturated carbocycles. The van der Waals surface area contributed by atoms with Gasteiger partial charge in [0.25, 0.3) is 0 Å². The molecule has 0 bridgehead atoms. The van der Waals surface area contributed by atoms with E-state index in [0.29, 0.717) is 28.5 Å². The van der Waals surface area contributed by atoms with Gasteiger partial charge in [-0.3, -0.25) is 57.3 Å². The van der Waals surface area contributed by atoms with Crippen LogP contribution in [-0.4, -0.2) is 185 Å². The Labute approximate surface area is 515 Å². The van der Waals surface area contributed by atoms with Gasteiger partial charge in [0.15, 0.2) is 0 Å². The molecule has 1 aliphatic heterocycles. The molecule has 4 aromatic rings. The quantitative estimate of drug-likeness (QED) is 0.0223. The molecule has 1 saturated heterocycles. The van der Waals surface area contributed by atoms with Crippen molar-refractivity contribution in [2.24, 2.45) is 11.5 Å². The number of unbranched alkanes of at least 4 members (excludes halogenated alkanes) is 1. The zero-order valence-corrected chi connectivity index (χ0v) is 50.6. The van der Waals surface area contributed by atoms with Gasteiger partial charge in [0.2, 0.25) is 53.2 Å². The minimum Gasteiger partial charge on any atom is -0.481 e. The first kappa shape index (κ1) is 70.5. The highest BCUT2D eigenvalue weighted by atomic mass is 32.3. The van der Waals surface area contributed by atoms with E-state index in [9.17, 15) is 66.6 Å². The number of hydrogen-bond donors (Lipinski definition) is 15. The number of nitrogens with two attached hydrogens (primary N) is 2. The van der Waals surface area contributed by atoms with Gasteiger partial charge in [-0.05, 0) is 97.6 Å². The molecule has 0 radical (unpaired) electrons. The molecule has 32 heteroatoms. The summed E-state index contributed by atoms with van der Waals surface area (Å²) in [7, 11) is -4.93. The van der Waals surface area contributed by atoms with Crippen molar-refractivity contribution in [2.75, 3.05) is 37.1 Å². The molecule has 9 amide bonds. The summed E-state index contributed by atoms with van der Waals surface area (Å²) in [6.07, 6.45) is 2.71. The topological polar surface area (TPSA) is 468 Å². The molecular formula is C56H74N12O17S3. The average molecular weight is 1280 g/mol. The molecule has 0 unspecified atom stereocenters. The number of para-hydroxylation sites is 1. The lowest BCUT2D eigenvalue weighted by Crippen LogP contribution is -2.62. The number of hydrogen-bond acceptors (Lipinski definition) is 18. The third-order valence-electron chi connectivity index (χ3n) is 13.8. The highest BCUT2D eigenvalue weighted by molar-refractivity contribution is 7.98. The minimum absolute atomic E-state index is 0.0593. The molecule has 88 heavy (non-hydrogen) atoms. The van der Waals surface area contributed by atoms with Gasteiger partial charge in [0.1, 0.15) is 54.1 Å². The van der Waals surface area contributed by atoms with Gasteiger partial charge in [-0.15, -0.1) is 0 Å². The molecule has 9 atom stereocenters. The fourth-order valence-electron chi connectivity index (χ4n) is 9.19. The Morgan fingerprint density at radius 3 is 1.86 bits per heavy atom. The number of aromatic nitrogens is 1. The molecule has 5 rings (SSSR count). The van der Waals surface area contributed by atoms with Crippen LogP contribution in [-0.2, 0) is 82.4 Å². The second kappa shape index (κ2) is 34.9. The predicted molar refractivity (Wildman–Crippen MR) is 324 cm³/mol. The van der Waals surface area contributed by atoms with Crippen molar-refractivity contribution >= 4 is 110 Å². The Morgan fingerprint density at radius 1 is 0.648 bits per heavy atom. The maximum absolute atomic E-state index is 15.1. The van der Waals surface area contributed by atoms with E-state index in [4.69, 9.17) is 16.0 Å². The number of H-pyrrole nitrogens is 1. The molecule has 0 aliphatic carbocycles. The zero-order valence-electron chi connectivity index (χ0n) is 48.1. The van der Waals surface area contributed by atoms with Crippen molar-refractivity contribution in [1.29, 1.82) is 0 Å². The summed E-state index contributed by atoms with van der Waals surface area (Å²) < 4.78 is 36.3. The Bertz CT molecular complexity index is 3210. The summed E-state index contributed by atoms with van der Waals surface area (Å²) in [4.78, 5) is 157. The van der Waals surface area contributed by atoms with Crippen LogP contribution in [0.3, 0.4) is 0 Å². The minimum atomic E-state index is -4.93. The van der Waals surface area contributed by atoms with Crippen molar-refractivity contribution in [2.45, 2.75) is 119 Å². The molecule has 1 aliphatic rings. The number of amides is 9.